The fraction of sp³-hybridized carbons (Fsp3) is 0.231. The van der Waals surface area contributed by atoms with E-state index in [0.717, 1.165) is 34.2 Å². The van der Waals surface area contributed by atoms with Crippen molar-refractivity contribution in [3.63, 3.8) is 0 Å². The molecule has 116 valence electrons. The molecule has 7 nitrogen and oxygen atoms in total. The Balaban J connectivity index is 1.98. The number of rotatable bonds is 5. The highest BCUT2D eigenvalue weighted by Gasteiger charge is 2.12. The number of benzene rings is 1. The second kappa shape index (κ2) is 7.34. The van der Waals surface area contributed by atoms with E-state index in [1.54, 1.807) is 6.07 Å². The van der Waals surface area contributed by atoms with Crippen LogP contribution in [-0.4, -0.2) is 33.0 Å². The van der Waals surface area contributed by atoms with Crippen LogP contribution in [0.5, 0.6) is 0 Å². The number of anilines is 1. The number of carbonyl (C=O) groups is 2. The molecule has 0 aliphatic heterocycles. The number of hydrogen-bond acceptors (Lipinski definition) is 7. The van der Waals surface area contributed by atoms with Crippen LogP contribution in [0.25, 0.3) is 0 Å². The Labute approximate surface area is 135 Å². The van der Waals surface area contributed by atoms with Gasteiger partial charge < -0.3 is 0 Å². The molecule has 2 rings (SSSR count). The first-order valence-corrected chi connectivity index (χ1v) is 8.07. The first kappa shape index (κ1) is 16.4. The number of thioether (sulfide) groups is 1. The second-order valence-electron chi connectivity index (χ2n) is 4.45. The van der Waals surface area contributed by atoms with Gasteiger partial charge in [-0.3, -0.25) is 20.1 Å². The van der Waals surface area contributed by atoms with Crippen molar-refractivity contribution in [2.24, 2.45) is 0 Å². The molecule has 9 heteroatoms. The number of hydrogen-bond donors (Lipinski definition) is 3. The molecule has 2 amide bonds. The summed E-state index contributed by atoms with van der Waals surface area (Å²) in [5.74, 6) is -0.763. The summed E-state index contributed by atoms with van der Waals surface area (Å²) in [6, 6.07) is 5.45. The van der Waals surface area contributed by atoms with Gasteiger partial charge in [-0.15, -0.1) is 10.2 Å². The van der Waals surface area contributed by atoms with Crippen LogP contribution in [0.2, 0.25) is 0 Å². The smallest absolute Gasteiger partial charge is 0.257 e. The average molecular weight is 338 g/mol. The summed E-state index contributed by atoms with van der Waals surface area (Å²) in [5, 5.41) is 19.1. The Morgan fingerprint density at radius 3 is 2.73 bits per heavy atom. The quantitative estimate of drug-likeness (QED) is 0.333. The van der Waals surface area contributed by atoms with Crippen molar-refractivity contribution in [2.75, 3.05) is 11.1 Å². The highest BCUT2D eigenvalue weighted by molar-refractivity contribution is 8.01. The lowest BCUT2D eigenvalue weighted by Crippen LogP contribution is -2.20. The summed E-state index contributed by atoms with van der Waals surface area (Å²) in [4.78, 5) is 23.0. The van der Waals surface area contributed by atoms with Gasteiger partial charge in [-0.05, 0) is 37.1 Å². The highest BCUT2D eigenvalue weighted by atomic mass is 32.2. The van der Waals surface area contributed by atoms with Crippen LogP contribution < -0.4 is 10.8 Å². The molecule has 0 fully saturated rings. The zero-order valence-corrected chi connectivity index (χ0v) is 13.5. The number of hydroxylamine groups is 1. The van der Waals surface area contributed by atoms with Crippen molar-refractivity contribution in [3.8, 4) is 0 Å². The molecule has 1 heterocycles. The van der Waals surface area contributed by atoms with Gasteiger partial charge in [0.1, 0.15) is 0 Å². The molecule has 0 bridgehead atoms. The minimum Gasteiger partial charge on any atom is -0.296 e. The molecule has 0 saturated heterocycles. The Bertz CT molecular complexity index is 702. The van der Waals surface area contributed by atoms with Gasteiger partial charge >= 0.3 is 0 Å². The third-order valence-corrected chi connectivity index (χ3v) is 4.82. The monoisotopic (exact) mass is 338 g/mol. The number of aryl methyl sites for hydroxylation is 2. The Morgan fingerprint density at radius 1 is 1.27 bits per heavy atom. The molecule has 0 spiro atoms. The third kappa shape index (κ3) is 4.26. The van der Waals surface area contributed by atoms with Crippen LogP contribution in [-0.2, 0) is 4.79 Å². The normalized spacial score (nSPS) is 10.3. The van der Waals surface area contributed by atoms with Crippen molar-refractivity contribution >= 4 is 40.0 Å². The number of amides is 2. The number of nitrogens with zero attached hydrogens (tertiary/aromatic N) is 2. The summed E-state index contributed by atoms with van der Waals surface area (Å²) < 4.78 is 0.527. The van der Waals surface area contributed by atoms with Crippen molar-refractivity contribution in [3.05, 3.63) is 34.9 Å². The van der Waals surface area contributed by atoms with Crippen molar-refractivity contribution in [1.82, 2.24) is 15.7 Å². The zero-order chi connectivity index (χ0) is 16.1. The van der Waals surface area contributed by atoms with E-state index in [9.17, 15) is 9.59 Å². The number of aromatic nitrogens is 2. The standard InChI is InChI=1S/C13H14N4O3S2/c1-7-3-4-9(5-8(7)2)11(19)14-12-15-16-13(22-12)21-6-10(18)17-20/h3-5,20H,6H2,1-2H3,(H,17,18)(H,14,15,19). The van der Waals surface area contributed by atoms with E-state index in [1.807, 2.05) is 26.0 Å². The maximum Gasteiger partial charge on any atom is 0.257 e. The van der Waals surface area contributed by atoms with Gasteiger partial charge in [0.05, 0.1) is 5.75 Å². The Morgan fingerprint density at radius 2 is 2.05 bits per heavy atom. The molecule has 0 atom stereocenters. The average Bonchev–Trinajstić information content (AvgIpc) is 2.95. The zero-order valence-electron chi connectivity index (χ0n) is 11.9. The first-order chi connectivity index (χ1) is 10.5. The predicted molar refractivity (Wildman–Crippen MR) is 84.4 cm³/mol. The molecule has 22 heavy (non-hydrogen) atoms. The van der Waals surface area contributed by atoms with E-state index in [-0.39, 0.29) is 11.7 Å². The molecule has 0 unspecified atom stereocenters. The lowest BCUT2D eigenvalue weighted by Gasteiger charge is -2.04. The molecule has 1 aromatic heterocycles. The van der Waals surface area contributed by atoms with Crippen LogP contribution in [0.1, 0.15) is 21.5 Å². The maximum atomic E-state index is 12.1. The van der Waals surface area contributed by atoms with E-state index in [1.165, 1.54) is 5.48 Å². The Hall–Kier alpha value is -1.97. The van der Waals surface area contributed by atoms with Gasteiger partial charge in [0.25, 0.3) is 11.8 Å². The van der Waals surface area contributed by atoms with E-state index >= 15 is 0 Å². The summed E-state index contributed by atoms with van der Waals surface area (Å²) in [7, 11) is 0. The minimum atomic E-state index is -0.527. The van der Waals surface area contributed by atoms with E-state index in [2.05, 4.69) is 15.5 Å². The predicted octanol–water partition coefficient (Wildman–Crippen LogP) is 2.00. The third-order valence-electron chi connectivity index (χ3n) is 2.85. The lowest BCUT2D eigenvalue weighted by molar-refractivity contribution is -0.126. The van der Waals surface area contributed by atoms with Crippen LogP contribution in [0, 0.1) is 13.8 Å². The molecule has 0 radical (unpaired) electrons. The van der Waals surface area contributed by atoms with Crippen molar-refractivity contribution in [1.29, 1.82) is 0 Å². The van der Waals surface area contributed by atoms with Crippen LogP contribution in [0.15, 0.2) is 22.5 Å². The van der Waals surface area contributed by atoms with E-state index < -0.39 is 5.91 Å². The van der Waals surface area contributed by atoms with Crippen molar-refractivity contribution < 1.29 is 14.8 Å². The molecule has 0 saturated carbocycles. The van der Waals surface area contributed by atoms with Gasteiger partial charge in [-0.25, -0.2) is 5.48 Å². The fourth-order valence-corrected chi connectivity index (χ4v) is 3.07. The fourth-order valence-electron chi connectivity index (χ4n) is 1.53. The molecule has 1 aromatic carbocycles. The van der Waals surface area contributed by atoms with Crippen LogP contribution in [0.3, 0.4) is 0 Å². The van der Waals surface area contributed by atoms with E-state index in [0.29, 0.717) is 15.0 Å². The molecule has 3 N–H and O–H groups in total. The summed E-state index contributed by atoms with van der Waals surface area (Å²) in [5.41, 5.74) is 4.24. The SMILES string of the molecule is Cc1ccc(C(=O)Nc2nnc(SCC(=O)NO)s2)cc1C. The largest absolute Gasteiger partial charge is 0.296 e. The van der Waals surface area contributed by atoms with Gasteiger partial charge in [0.2, 0.25) is 5.13 Å². The highest BCUT2D eigenvalue weighted by Crippen LogP contribution is 2.25. The van der Waals surface area contributed by atoms with Crippen LogP contribution >= 0.6 is 23.1 Å². The van der Waals surface area contributed by atoms with E-state index in [4.69, 9.17) is 5.21 Å². The number of carbonyl (C=O) groups excluding carboxylic acids is 2. The van der Waals surface area contributed by atoms with Crippen molar-refractivity contribution in [2.45, 2.75) is 18.2 Å². The summed E-state index contributed by atoms with van der Waals surface area (Å²) >= 11 is 2.29. The summed E-state index contributed by atoms with van der Waals surface area (Å²) in [6.45, 7) is 3.92. The molecule has 2 aromatic rings. The lowest BCUT2D eigenvalue weighted by atomic mass is 10.1. The second-order valence-corrected chi connectivity index (χ2v) is 6.65. The number of nitrogens with one attached hydrogen (secondary N) is 2. The maximum absolute atomic E-state index is 12.1. The minimum absolute atomic E-state index is 0.0240. The molecular formula is C13H14N4O3S2. The van der Waals surface area contributed by atoms with Gasteiger partial charge in [0, 0.05) is 5.56 Å². The van der Waals surface area contributed by atoms with Gasteiger partial charge in [-0.1, -0.05) is 29.2 Å². The van der Waals surface area contributed by atoms with Gasteiger partial charge in [-0.2, -0.15) is 0 Å². The molecule has 0 aliphatic carbocycles. The first-order valence-electron chi connectivity index (χ1n) is 6.27. The summed E-state index contributed by atoms with van der Waals surface area (Å²) in [6.07, 6.45) is 0. The molecular weight excluding hydrogens is 324 g/mol. The molecule has 0 aliphatic rings. The topological polar surface area (TPSA) is 104 Å². The van der Waals surface area contributed by atoms with Crippen LogP contribution in [0.4, 0.5) is 5.13 Å². The van der Waals surface area contributed by atoms with Gasteiger partial charge in [0.15, 0.2) is 4.34 Å². The Kier molecular flexibility index (Phi) is 5.47.